The zero-order valence-corrected chi connectivity index (χ0v) is 9.37. The number of carbonyl (C=O) groups is 1. The van der Waals surface area contributed by atoms with Gasteiger partial charge >= 0.3 is 6.09 Å². The number of hydrogen-bond acceptors (Lipinski definition) is 3. The van der Waals surface area contributed by atoms with Crippen molar-refractivity contribution in [3.63, 3.8) is 0 Å². The van der Waals surface area contributed by atoms with Crippen molar-refractivity contribution in [2.24, 2.45) is 5.73 Å². The van der Waals surface area contributed by atoms with Gasteiger partial charge in [0.1, 0.15) is 0 Å². The van der Waals surface area contributed by atoms with Gasteiger partial charge in [0.15, 0.2) is 11.6 Å². The molecule has 1 rings (SSSR count). The van der Waals surface area contributed by atoms with Crippen molar-refractivity contribution >= 4 is 6.09 Å². The molecule has 0 aliphatic heterocycles. The average molecular weight is 244 g/mol. The highest BCUT2D eigenvalue weighted by Gasteiger charge is 2.15. The minimum absolute atomic E-state index is 0.0594. The smallest absolute Gasteiger partial charge is 0.407 e. The fourth-order valence-corrected chi connectivity index (χ4v) is 1.32. The zero-order chi connectivity index (χ0) is 12.8. The first-order chi connectivity index (χ1) is 8.08. The maximum Gasteiger partial charge on any atom is 0.407 e. The predicted molar refractivity (Wildman–Crippen MR) is 58.3 cm³/mol. The summed E-state index contributed by atoms with van der Waals surface area (Å²) in [5.74, 6) is -1.92. The van der Waals surface area contributed by atoms with Gasteiger partial charge < -0.3 is 15.8 Å². The Hall–Kier alpha value is -1.69. The summed E-state index contributed by atoms with van der Waals surface area (Å²) in [6.07, 6.45) is -0.646. The number of alkyl carbamates (subject to hydrolysis) is 1. The van der Waals surface area contributed by atoms with Gasteiger partial charge in [-0.2, -0.15) is 0 Å². The number of nitrogens with two attached hydrogens (primary N) is 1. The van der Waals surface area contributed by atoms with E-state index in [0.29, 0.717) is 5.56 Å². The molecule has 0 aliphatic carbocycles. The van der Waals surface area contributed by atoms with E-state index in [2.05, 4.69) is 10.1 Å². The first-order valence-corrected chi connectivity index (χ1v) is 5.16. The van der Waals surface area contributed by atoms with Crippen LogP contribution in [0.2, 0.25) is 0 Å². The maximum absolute atomic E-state index is 13.0. The van der Waals surface area contributed by atoms with Crippen LogP contribution >= 0.6 is 0 Å². The molecule has 17 heavy (non-hydrogen) atoms. The topological polar surface area (TPSA) is 64.3 Å². The summed E-state index contributed by atoms with van der Waals surface area (Å²) in [5.41, 5.74) is 5.84. The number of hydrogen-bond donors (Lipinski definition) is 2. The molecule has 1 amide bonds. The van der Waals surface area contributed by atoms with Crippen molar-refractivity contribution in [3.8, 4) is 0 Å². The highest BCUT2D eigenvalue weighted by Crippen LogP contribution is 2.15. The van der Waals surface area contributed by atoms with Crippen molar-refractivity contribution in [2.75, 3.05) is 13.2 Å². The van der Waals surface area contributed by atoms with Crippen LogP contribution in [-0.2, 0) is 4.74 Å². The minimum Gasteiger partial charge on any atom is -0.450 e. The van der Waals surface area contributed by atoms with Gasteiger partial charge in [0.25, 0.3) is 0 Å². The molecule has 0 heterocycles. The number of nitrogens with one attached hydrogen (secondary N) is 1. The minimum atomic E-state index is -0.980. The Morgan fingerprint density at radius 1 is 1.47 bits per heavy atom. The second-order valence-electron chi connectivity index (χ2n) is 3.33. The molecule has 1 unspecified atom stereocenters. The molecule has 1 atom stereocenters. The van der Waals surface area contributed by atoms with Crippen molar-refractivity contribution in [3.05, 3.63) is 35.4 Å². The van der Waals surface area contributed by atoms with Crippen molar-refractivity contribution in [1.29, 1.82) is 0 Å². The molecule has 0 fully saturated rings. The summed E-state index contributed by atoms with van der Waals surface area (Å²) < 4.78 is 30.4. The molecule has 0 spiro atoms. The van der Waals surface area contributed by atoms with Crippen LogP contribution in [0.3, 0.4) is 0 Å². The highest BCUT2D eigenvalue weighted by molar-refractivity contribution is 5.67. The van der Waals surface area contributed by atoms with Gasteiger partial charge in [-0.05, 0) is 24.6 Å². The largest absolute Gasteiger partial charge is 0.450 e. The van der Waals surface area contributed by atoms with Crippen LogP contribution in [0, 0.1) is 11.6 Å². The number of ether oxygens (including phenoxy) is 1. The normalized spacial score (nSPS) is 12.0. The molecule has 0 saturated heterocycles. The second-order valence-corrected chi connectivity index (χ2v) is 3.33. The van der Waals surface area contributed by atoms with Gasteiger partial charge in [-0.25, -0.2) is 13.6 Å². The summed E-state index contributed by atoms with van der Waals surface area (Å²) in [6.45, 7) is 1.94. The van der Waals surface area contributed by atoms with Crippen molar-refractivity contribution in [1.82, 2.24) is 5.32 Å². The lowest BCUT2D eigenvalue weighted by Gasteiger charge is -2.16. The number of halogens is 2. The van der Waals surface area contributed by atoms with E-state index >= 15 is 0 Å². The van der Waals surface area contributed by atoms with E-state index in [9.17, 15) is 13.6 Å². The van der Waals surface area contributed by atoms with Crippen LogP contribution in [0.15, 0.2) is 18.2 Å². The van der Waals surface area contributed by atoms with Gasteiger partial charge in [-0.15, -0.1) is 0 Å². The molecular formula is C11H14F2N2O2. The molecule has 4 nitrogen and oxygen atoms in total. The predicted octanol–water partition coefficient (Wildman–Crippen LogP) is 1.71. The Bertz CT molecular complexity index is 399. The second kappa shape index (κ2) is 6.15. The lowest BCUT2D eigenvalue weighted by Crippen LogP contribution is -2.33. The molecule has 94 valence electrons. The van der Waals surface area contributed by atoms with Crippen molar-refractivity contribution in [2.45, 2.75) is 13.0 Å². The van der Waals surface area contributed by atoms with E-state index in [1.54, 1.807) is 6.92 Å². The van der Waals surface area contributed by atoms with Crippen LogP contribution in [0.25, 0.3) is 0 Å². The molecule has 6 heteroatoms. The van der Waals surface area contributed by atoms with Crippen LogP contribution in [0.4, 0.5) is 13.6 Å². The molecule has 0 aromatic heterocycles. The highest BCUT2D eigenvalue weighted by atomic mass is 19.2. The Balaban J connectivity index is 2.79. The Labute approximate surface area is 97.8 Å². The first kappa shape index (κ1) is 13.4. The van der Waals surface area contributed by atoms with Crippen molar-refractivity contribution < 1.29 is 18.3 Å². The lowest BCUT2D eigenvalue weighted by atomic mass is 10.1. The monoisotopic (exact) mass is 244 g/mol. The molecule has 0 bridgehead atoms. The summed E-state index contributed by atoms with van der Waals surface area (Å²) in [7, 11) is 0. The molecule has 0 aliphatic rings. The fourth-order valence-electron chi connectivity index (χ4n) is 1.32. The number of benzene rings is 1. The quantitative estimate of drug-likeness (QED) is 0.847. The van der Waals surface area contributed by atoms with Gasteiger partial charge in [0.2, 0.25) is 0 Å². The zero-order valence-electron chi connectivity index (χ0n) is 9.37. The average Bonchev–Trinajstić information content (AvgIpc) is 2.30. The number of carbonyl (C=O) groups excluding carboxylic acids is 1. The van der Waals surface area contributed by atoms with E-state index in [1.165, 1.54) is 6.07 Å². The SMILES string of the molecule is CCOC(=O)NC(CN)c1ccc(F)c(F)c1. The summed E-state index contributed by atoms with van der Waals surface area (Å²) in [4.78, 5) is 11.2. The van der Waals surface area contributed by atoms with Gasteiger partial charge in [-0.3, -0.25) is 0 Å². The van der Waals surface area contributed by atoms with Gasteiger partial charge in [0.05, 0.1) is 12.6 Å². The van der Waals surface area contributed by atoms with E-state index < -0.39 is 23.8 Å². The fraction of sp³-hybridized carbons (Fsp3) is 0.364. The summed E-state index contributed by atoms with van der Waals surface area (Å²) in [5, 5.41) is 2.46. The van der Waals surface area contributed by atoms with Crippen LogP contribution < -0.4 is 11.1 Å². The molecule has 1 aromatic rings. The van der Waals surface area contributed by atoms with E-state index in [-0.39, 0.29) is 13.2 Å². The first-order valence-electron chi connectivity index (χ1n) is 5.16. The van der Waals surface area contributed by atoms with Crippen LogP contribution in [-0.4, -0.2) is 19.2 Å². The number of rotatable bonds is 4. The summed E-state index contributed by atoms with van der Waals surface area (Å²) in [6, 6.07) is 2.74. The maximum atomic E-state index is 13.0. The van der Waals surface area contributed by atoms with Crippen LogP contribution in [0.1, 0.15) is 18.5 Å². The third-order valence-corrected chi connectivity index (χ3v) is 2.15. The molecule has 0 saturated carbocycles. The lowest BCUT2D eigenvalue weighted by molar-refractivity contribution is 0.148. The number of amides is 1. The van der Waals surface area contributed by atoms with Gasteiger partial charge in [-0.1, -0.05) is 6.07 Å². The Morgan fingerprint density at radius 3 is 2.71 bits per heavy atom. The Morgan fingerprint density at radius 2 is 2.18 bits per heavy atom. The Kier molecular flexibility index (Phi) is 4.84. The standard InChI is InChI=1S/C11H14F2N2O2/c1-2-17-11(16)15-10(6-14)7-3-4-8(12)9(13)5-7/h3-5,10H,2,6,14H2,1H3,(H,15,16). The molecular weight excluding hydrogens is 230 g/mol. The van der Waals surface area contributed by atoms with E-state index in [0.717, 1.165) is 12.1 Å². The van der Waals surface area contributed by atoms with Gasteiger partial charge in [0, 0.05) is 6.54 Å². The molecule has 3 N–H and O–H groups in total. The molecule has 0 radical (unpaired) electrons. The van der Waals surface area contributed by atoms with Crippen LogP contribution in [0.5, 0.6) is 0 Å². The van der Waals surface area contributed by atoms with E-state index in [4.69, 9.17) is 5.73 Å². The van der Waals surface area contributed by atoms with E-state index in [1.807, 2.05) is 0 Å². The molecule has 1 aromatic carbocycles. The summed E-state index contributed by atoms with van der Waals surface area (Å²) >= 11 is 0. The third kappa shape index (κ3) is 3.67. The third-order valence-electron chi connectivity index (χ3n) is 2.15.